The molecule has 1 N–H and O–H groups in total. The van der Waals surface area contributed by atoms with Crippen molar-refractivity contribution in [2.45, 2.75) is 37.9 Å². The lowest BCUT2D eigenvalue weighted by atomic mass is 9.87. The number of hydrogen-bond donors (Lipinski definition) is 1. The zero-order valence-corrected chi connectivity index (χ0v) is 12.4. The van der Waals surface area contributed by atoms with Gasteiger partial charge in [-0.05, 0) is 43.9 Å². The third kappa shape index (κ3) is 4.00. The van der Waals surface area contributed by atoms with Crippen LogP contribution >= 0.6 is 11.6 Å². The molecule has 2 rings (SSSR count). The molecule has 0 aromatic heterocycles. The van der Waals surface area contributed by atoms with Crippen molar-refractivity contribution in [3.8, 4) is 0 Å². The van der Waals surface area contributed by atoms with E-state index in [0.717, 1.165) is 24.5 Å². The van der Waals surface area contributed by atoms with Crippen molar-refractivity contribution >= 4 is 23.8 Å². The molecular formula is C15H15ClF3NO2. The minimum absolute atomic E-state index is 0.00490. The monoisotopic (exact) mass is 333 g/mol. The second kappa shape index (κ2) is 6.69. The van der Waals surface area contributed by atoms with Crippen molar-refractivity contribution < 1.29 is 22.8 Å². The van der Waals surface area contributed by atoms with Gasteiger partial charge in [-0.25, -0.2) is 0 Å². The number of hydrogen-bond acceptors (Lipinski definition) is 2. The number of amides is 1. The van der Waals surface area contributed by atoms with Gasteiger partial charge in [0, 0.05) is 12.0 Å². The van der Waals surface area contributed by atoms with Gasteiger partial charge in [-0.3, -0.25) is 4.79 Å². The second-order valence-corrected chi connectivity index (χ2v) is 5.82. The summed E-state index contributed by atoms with van der Waals surface area (Å²) >= 11 is 5.83. The number of rotatable bonds is 3. The summed E-state index contributed by atoms with van der Waals surface area (Å²) in [4.78, 5) is 22.8. The molecule has 0 heterocycles. The molecule has 1 aromatic carbocycles. The first-order valence-electron chi connectivity index (χ1n) is 6.94. The fraction of sp³-hybridized carbons (Fsp3) is 0.467. The predicted octanol–water partition coefficient (Wildman–Crippen LogP) is 3.85. The quantitative estimate of drug-likeness (QED) is 0.854. The minimum atomic E-state index is -4.53. The van der Waals surface area contributed by atoms with Crippen molar-refractivity contribution in [1.82, 2.24) is 5.32 Å². The van der Waals surface area contributed by atoms with Crippen molar-refractivity contribution in [3.05, 3.63) is 34.3 Å². The Bertz CT molecular complexity index is 566. The molecule has 22 heavy (non-hydrogen) atoms. The lowest BCUT2D eigenvalue weighted by Gasteiger charge is -2.26. The molecule has 0 atom stereocenters. The topological polar surface area (TPSA) is 46.2 Å². The van der Waals surface area contributed by atoms with Crippen LogP contribution in [0.3, 0.4) is 0 Å². The van der Waals surface area contributed by atoms with Crippen LogP contribution in [0.15, 0.2) is 18.2 Å². The van der Waals surface area contributed by atoms with Crippen LogP contribution in [0.1, 0.15) is 41.6 Å². The maximum Gasteiger partial charge on any atom is 0.416 e. The van der Waals surface area contributed by atoms with Gasteiger partial charge in [0.05, 0.1) is 16.1 Å². The van der Waals surface area contributed by atoms with Crippen molar-refractivity contribution in [2.24, 2.45) is 5.92 Å². The first-order valence-corrected chi connectivity index (χ1v) is 7.32. The Morgan fingerprint density at radius 2 is 1.86 bits per heavy atom. The van der Waals surface area contributed by atoms with Crippen LogP contribution in [0, 0.1) is 5.92 Å². The van der Waals surface area contributed by atoms with E-state index < -0.39 is 17.6 Å². The smallest absolute Gasteiger partial charge is 0.349 e. The number of aldehydes is 1. The van der Waals surface area contributed by atoms with E-state index in [1.54, 1.807) is 0 Å². The first kappa shape index (κ1) is 16.8. The van der Waals surface area contributed by atoms with E-state index in [9.17, 15) is 22.8 Å². The SMILES string of the molecule is O=C[C@H]1CC[C@H](NC(=O)c2cc(C(F)(F)F)ccc2Cl)CC1. The lowest BCUT2D eigenvalue weighted by Crippen LogP contribution is -2.38. The molecule has 0 unspecified atom stereocenters. The molecule has 7 heteroatoms. The molecule has 1 aliphatic carbocycles. The van der Waals surface area contributed by atoms with Gasteiger partial charge in [0.2, 0.25) is 0 Å². The van der Waals surface area contributed by atoms with Gasteiger partial charge in [0.15, 0.2) is 0 Å². The van der Waals surface area contributed by atoms with Crippen LogP contribution in [0.2, 0.25) is 5.02 Å². The van der Waals surface area contributed by atoms with E-state index in [-0.39, 0.29) is 22.5 Å². The summed E-state index contributed by atoms with van der Waals surface area (Å²) in [6.07, 6.45) is -1.02. The summed E-state index contributed by atoms with van der Waals surface area (Å²) in [6.45, 7) is 0. The Hall–Kier alpha value is -1.56. The predicted molar refractivity (Wildman–Crippen MR) is 75.7 cm³/mol. The normalized spacial score (nSPS) is 22.2. The Balaban J connectivity index is 2.08. The van der Waals surface area contributed by atoms with E-state index in [0.29, 0.717) is 25.7 Å². The van der Waals surface area contributed by atoms with E-state index in [1.165, 1.54) is 0 Å². The summed E-state index contributed by atoms with van der Waals surface area (Å²) in [5.74, 6) is -0.615. The van der Waals surface area contributed by atoms with Gasteiger partial charge in [-0.2, -0.15) is 13.2 Å². The summed E-state index contributed by atoms with van der Waals surface area (Å²) in [5, 5.41) is 2.67. The molecule has 0 spiro atoms. The Kier molecular flexibility index (Phi) is 5.11. The largest absolute Gasteiger partial charge is 0.416 e. The molecule has 0 aliphatic heterocycles. The number of nitrogens with one attached hydrogen (secondary N) is 1. The summed E-state index contributed by atoms with van der Waals surface area (Å²) in [5.41, 5.74) is -1.10. The van der Waals surface area contributed by atoms with E-state index in [4.69, 9.17) is 11.6 Å². The van der Waals surface area contributed by atoms with Gasteiger partial charge in [0.1, 0.15) is 6.29 Å². The van der Waals surface area contributed by atoms with Gasteiger partial charge in [-0.15, -0.1) is 0 Å². The standard InChI is InChI=1S/C15H15ClF3NO2/c16-13-6-3-10(15(17,18)19)7-12(13)14(22)20-11-4-1-9(8-21)2-5-11/h3,6-9,11H,1-2,4-5H2,(H,20,22)/t9-,11-. The van der Waals surface area contributed by atoms with Crippen LogP contribution in [0.5, 0.6) is 0 Å². The summed E-state index contributed by atoms with van der Waals surface area (Å²) in [7, 11) is 0. The zero-order valence-electron chi connectivity index (χ0n) is 11.6. The van der Waals surface area contributed by atoms with Crippen LogP contribution in [-0.2, 0) is 11.0 Å². The minimum Gasteiger partial charge on any atom is -0.349 e. The fourth-order valence-electron chi connectivity index (χ4n) is 2.54. The van der Waals surface area contributed by atoms with Crippen LogP contribution in [0.25, 0.3) is 0 Å². The van der Waals surface area contributed by atoms with E-state index in [1.807, 2.05) is 0 Å². The van der Waals surface area contributed by atoms with Gasteiger partial charge in [-0.1, -0.05) is 11.6 Å². The molecule has 3 nitrogen and oxygen atoms in total. The zero-order chi connectivity index (χ0) is 16.3. The highest BCUT2D eigenvalue weighted by molar-refractivity contribution is 6.33. The van der Waals surface area contributed by atoms with Crippen molar-refractivity contribution in [3.63, 3.8) is 0 Å². The molecule has 0 saturated heterocycles. The number of alkyl halides is 3. The molecule has 1 fully saturated rings. The molecular weight excluding hydrogens is 319 g/mol. The average Bonchev–Trinajstić information content (AvgIpc) is 2.47. The third-order valence-corrected chi connectivity index (χ3v) is 4.17. The molecule has 1 saturated carbocycles. The number of halogens is 4. The highest BCUT2D eigenvalue weighted by atomic mass is 35.5. The van der Waals surface area contributed by atoms with Crippen molar-refractivity contribution in [2.75, 3.05) is 0 Å². The van der Waals surface area contributed by atoms with Crippen LogP contribution in [-0.4, -0.2) is 18.2 Å². The molecule has 1 aliphatic rings. The number of benzene rings is 1. The van der Waals surface area contributed by atoms with Gasteiger partial charge >= 0.3 is 6.18 Å². The molecule has 1 aromatic rings. The fourth-order valence-corrected chi connectivity index (χ4v) is 2.74. The third-order valence-electron chi connectivity index (χ3n) is 3.84. The molecule has 120 valence electrons. The highest BCUT2D eigenvalue weighted by Gasteiger charge is 2.32. The Morgan fingerprint density at radius 1 is 1.23 bits per heavy atom. The Morgan fingerprint density at radius 3 is 2.41 bits per heavy atom. The molecule has 0 radical (unpaired) electrons. The first-order chi connectivity index (χ1) is 10.3. The highest BCUT2D eigenvalue weighted by Crippen LogP contribution is 2.32. The molecule has 1 amide bonds. The summed E-state index contributed by atoms with van der Waals surface area (Å²) in [6, 6.07) is 2.53. The van der Waals surface area contributed by atoms with Crippen LogP contribution in [0.4, 0.5) is 13.2 Å². The summed E-state index contributed by atoms with van der Waals surface area (Å²) < 4.78 is 38.1. The van der Waals surface area contributed by atoms with Gasteiger partial charge in [0.25, 0.3) is 5.91 Å². The Labute approximate surface area is 130 Å². The maximum absolute atomic E-state index is 12.7. The van der Waals surface area contributed by atoms with Crippen molar-refractivity contribution in [1.29, 1.82) is 0 Å². The van der Waals surface area contributed by atoms with E-state index in [2.05, 4.69) is 5.32 Å². The average molecular weight is 334 g/mol. The molecule has 0 bridgehead atoms. The second-order valence-electron chi connectivity index (χ2n) is 5.41. The maximum atomic E-state index is 12.7. The number of carbonyl (C=O) groups excluding carboxylic acids is 2. The van der Waals surface area contributed by atoms with Gasteiger partial charge < -0.3 is 10.1 Å². The van der Waals surface area contributed by atoms with E-state index >= 15 is 0 Å². The lowest BCUT2D eigenvalue weighted by molar-refractivity contribution is -0.137. The van der Waals surface area contributed by atoms with Crippen LogP contribution < -0.4 is 5.32 Å². The number of carbonyl (C=O) groups is 2.